The maximum atomic E-state index is 12.6. The lowest BCUT2D eigenvalue weighted by Crippen LogP contribution is -2.61. The van der Waals surface area contributed by atoms with Crippen LogP contribution in [0.15, 0.2) is 18.3 Å². The molecule has 1 atom stereocenters. The third kappa shape index (κ3) is 2.35. The minimum absolute atomic E-state index is 0.151. The van der Waals surface area contributed by atoms with Crippen LogP contribution in [-0.2, 0) is 0 Å². The average Bonchev–Trinajstić information content (AvgIpc) is 3.19. The van der Waals surface area contributed by atoms with Crippen LogP contribution in [0, 0.1) is 12.8 Å². The summed E-state index contributed by atoms with van der Waals surface area (Å²) in [6.07, 6.45) is 6.93. The Labute approximate surface area is 126 Å². The van der Waals surface area contributed by atoms with Crippen LogP contribution in [-0.4, -0.2) is 52.4 Å². The van der Waals surface area contributed by atoms with Crippen LogP contribution in [0.25, 0.3) is 0 Å². The van der Waals surface area contributed by atoms with Crippen molar-refractivity contribution in [2.75, 3.05) is 26.2 Å². The Morgan fingerprint density at radius 3 is 2.76 bits per heavy atom. The number of nitrogens with zero attached hydrogens (tertiary/aromatic N) is 3. The van der Waals surface area contributed by atoms with E-state index in [2.05, 4.69) is 9.88 Å². The lowest BCUT2D eigenvalue weighted by atomic mass is 9.83. The molecule has 112 valence electrons. The van der Waals surface area contributed by atoms with E-state index in [1.54, 1.807) is 6.20 Å². The second-order valence-corrected chi connectivity index (χ2v) is 7.03. The molecule has 2 aliphatic heterocycles. The molecule has 0 bridgehead atoms. The number of pyridine rings is 1. The third-order valence-corrected chi connectivity index (χ3v) is 5.47. The minimum atomic E-state index is 0.151. The van der Waals surface area contributed by atoms with Gasteiger partial charge in [0.2, 0.25) is 0 Å². The summed E-state index contributed by atoms with van der Waals surface area (Å²) in [5.74, 6) is 1.09. The summed E-state index contributed by atoms with van der Waals surface area (Å²) in [6.45, 7) is 6.24. The lowest BCUT2D eigenvalue weighted by molar-refractivity contribution is -0.00931. The summed E-state index contributed by atoms with van der Waals surface area (Å²) in [7, 11) is 0. The molecule has 21 heavy (non-hydrogen) atoms. The van der Waals surface area contributed by atoms with Crippen molar-refractivity contribution in [3.05, 3.63) is 29.6 Å². The summed E-state index contributed by atoms with van der Waals surface area (Å²) >= 11 is 0. The van der Waals surface area contributed by atoms with E-state index in [0.717, 1.165) is 36.7 Å². The predicted octanol–water partition coefficient (Wildman–Crippen LogP) is 2.09. The molecule has 0 radical (unpaired) electrons. The van der Waals surface area contributed by atoms with Crippen molar-refractivity contribution in [1.29, 1.82) is 0 Å². The monoisotopic (exact) mass is 285 g/mol. The zero-order valence-electron chi connectivity index (χ0n) is 12.7. The van der Waals surface area contributed by atoms with Crippen LogP contribution in [0.5, 0.6) is 0 Å². The number of hydrogen-bond acceptors (Lipinski definition) is 3. The van der Waals surface area contributed by atoms with E-state index in [9.17, 15) is 4.79 Å². The molecule has 2 saturated heterocycles. The van der Waals surface area contributed by atoms with E-state index < -0.39 is 0 Å². The molecule has 4 nitrogen and oxygen atoms in total. The Balaban J connectivity index is 1.43. The van der Waals surface area contributed by atoms with E-state index in [1.165, 1.54) is 32.4 Å². The topological polar surface area (TPSA) is 36.4 Å². The molecule has 0 aromatic carbocycles. The highest BCUT2D eigenvalue weighted by Crippen LogP contribution is 2.42. The van der Waals surface area contributed by atoms with Gasteiger partial charge in [-0.1, -0.05) is 0 Å². The van der Waals surface area contributed by atoms with Gasteiger partial charge in [-0.05, 0) is 50.7 Å². The number of carbonyl (C=O) groups is 1. The van der Waals surface area contributed by atoms with Crippen LogP contribution in [0.1, 0.15) is 41.7 Å². The highest BCUT2D eigenvalue weighted by Gasteiger charge is 2.51. The fourth-order valence-corrected chi connectivity index (χ4v) is 3.75. The van der Waals surface area contributed by atoms with Gasteiger partial charge in [0.1, 0.15) is 0 Å². The number of amides is 1. The predicted molar refractivity (Wildman–Crippen MR) is 81.1 cm³/mol. The molecule has 0 N–H and O–H groups in total. The van der Waals surface area contributed by atoms with Gasteiger partial charge in [0.25, 0.3) is 5.91 Å². The van der Waals surface area contributed by atoms with E-state index in [-0.39, 0.29) is 5.91 Å². The first-order chi connectivity index (χ1) is 10.2. The first-order valence-corrected chi connectivity index (χ1v) is 8.13. The summed E-state index contributed by atoms with van der Waals surface area (Å²) < 4.78 is 0. The molecule has 1 aromatic rings. The van der Waals surface area contributed by atoms with Gasteiger partial charge >= 0.3 is 0 Å². The van der Waals surface area contributed by atoms with Crippen molar-refractivity contribution in [3.63, 3.8) is 0 Å². The Hall–Kier alpha value is -1.42. The number of carbonyl (C=O) groups excluding carboxylic acids is 1. The summed E-state index contributed by atoms with van der Waals surface area (Å²) in [6, 6.07) is 3.82. The summed E-state index contributed by atoms with van der Waals surface area (Å²) in [5.41, 5.74) is 1.99. The Kier molecular flexibility index (Phi) is 3.03. The standard InChI is InChI=1S/C17H23N3O/c1-13-2-5-15(10-18-13)16(21)19-8-6-17(12-19)7-9-20(17)11-14-3-4-14/h2,5,10,14H,3-4,6-9,11-12H2,1H3. The van der Waals surface area contributed by atoms with Crippen molar-refractivity contribution in [2.45, 2.75) is 38.1 Å². The van der Waals surface area contributed by atoms with Gasteiger partial charge in [-0.3, -0.25) is 14.7 Å². The molecular weight excluding hydrogens is 262 g/mol. The normalized spacial score (nSPS) is 28.9. The molecule has 1 amide bonds. The zero-order valence-corrected chi connectivity index (χ0v) is 12.7. The largest absolute Gasteiger partial charge is 0.337 e. The SMILES string of the molecule is Cc1ccc(C(=O)N2CCC3(CCN3CC3CC3)C2)cn1. The van der Waals surface area contributed by atoms with E-state index in [0.29, 0.717) is 5.54 Å². The highest BCUT2D eigenvalue weighted by atomic mass is 16.2. The number of aryl methyl sites for hydroxylation is 1. The van der Waals surface area contributed by atoms with Gasteiger partial charge in [-0.25, -0.2) is 0 Å². The first kappa shape index (κ1) is 13.3. The molecule has 3 heterocycles. The van der Waals surface area contributed by atoms with Gasteiger partial charge in [0.15, 0.2) is 0 Å². The van der Waals surface area contributed by atoms with E-state index >= 15 is 0 Å². The molecule has 1 saturated carbocycles. The molecule has 4 heteroatoms. The quantitative estimate of drug-likeness (QED) is 0.853. The smallest absolute Gasteiger partial charge is 0.255 e. The minimum Gasteiger partial charge on any atom is -0.337 e. The van der Waals surface area contributed by atoms with Crippen molar-refractivity contribution in [2.24, 2.45) is 5.92 Å². The van der Waals surface area contributed by atoms with Gasteiger partial charge in [-0.2, -0.15) is 0 Å². The fraction of sp³-hybridized carbons (Fsp3) is 0.647. The Bertz CT molecular complexity index is 552. The molecule has 1 unspecified atom stereocenters. The molecule has 1 spiro atoms. The molecule has 3 aliphatic rings. The fourth-order valence-electron chi connectivity index (χ4n) is 3.75. The van der Waals surface area contributed by atoms with Crippen molar-refractivity contribution < 1.29 is 4.79 Å². The lowest BCUT2D eigenvalue weighted by Gasteiger charge is -2.51. The highest BCUT2D eigenvalue weighted by molar-refractivity contribution is 5.94. The average molecular weight is 285 g/mol. The van der Waals surface area contributed by atoms with Crippen LogP contribution in [0.2, 0.25) is 0 Å². The van der Waals surface area contributed by atoms with Gasteiger partial charge < -0.3 is 4.90 Å². The van der Waals surface area contributed by atoms with Gasteiger partial charge in [0.05, 0.1) is 5.56 Å². The van der Waals surface area contributed by atoms with Crippen molar-refractivity contribution in [3.8, 4) is 0 Å². The molecule has 4 rings (SSSR count). The number of aromatic nitrogens is 1. The Morgan fingerprint density at radius 1 is 1.33 bits per heavy atom. The van der Waals surface area contributed by atoms with Gasteiger partial charge in [0, 0.05) is 43.6 Å². The maximum Gasteiger partial charge on any atom is 0.255 e. The van der Waals surface area contributed by atoms with Crippen molar-refractivity contribution >= 4 is 5.91 Å². The Morgan fingerprint density at radius 2 is 2.14 bits per heavy atom. The molecule has 3 fully saturated rings. The maximum absolute atomic E-state index is 12.6. The molecule has 1 aromatic heterocycles. The van der Waals surface area contributed by atoms with Crippen LogP contribution < -0.4 is 0 Å². The van der Waals surface area contributed by atoms with Crippen LogP contribution in [0.3, 0.4) is 0 Å². The van der Waals surface area contributed by atoms with E-state index in [4.69, 9.17) is 0 Å². The second-order valence-electron chi connectivity index (χ2n) is 7.03. The molecule has 1 aliphatic carbocycles. The number of likely N-dealkylation sites (tertiary alicyclic amines) is 2. The third-order valence-electron chi connectivity index (χ3n) is 5.47. The number of rotatable bonds is 3. The summed E-state index contributed by atoms with van der Waals surface area (Å²) in [5, 5.41) is 0. The van der Waals surface area contributed by atoms with Gasteiger partial charge in [-0.15, -0.1) is 0 Å². The second kappa shape index (κ2) is 4.80. The molecular formula is C17H23N3O. The van der Waals surface area contributed by atoms with E-state index in [1.807, 2.05) is 24.0 Å². The van der Waals surface area contributed by atoms with Crippen molar-refractivity contribution in [1.82, 2.24) is 14.8 Å². The summed E-state index contributed by atoms with van der Waals surface area (Å²) in [4.78, 5) is 21.5. The van der Waals surface area contributed by atoms with Crippen LogP contribution in [0.4, 0.5) is 0 Å². The first-order valence-electron chi connectivity index (χ1n) is 8.13. The number of hydrogen-bond donors (Lipinski definition) is 0. The van der Waals surface area contributed by atoms with Crippen LogP contribution >= 0.6 is 0 Å². The zero-order chi connectivity index (χ0) is 14.4.